The summed E-state index contributed by atoms with van der Waals surface area (Å²) in [7, 11) is 0. The van der Waals surface area contributed by atoms with E-state index in [1.807, 2.05) is 6.92 Å². The number of carbonyl (C=O) groups is 1. The Morgan fingerprint density at radius 2 is 2.11 bits per heavy atom. The number of carbonyl (C=O) groups excluding carboxylic acids is 1. The minimum atomic E-state index is -4.48. The molecule has 3 aromatic rings. The second-order valence-corrected chi connectivity index (χ2v) is 6.80. The van der Waals surface area contributed by atoms with Gasteiger partial charge in [-0.25, -0.2) is 9.78 Å². The van der Waals surface area contributed by atoms with E-state index in [-0.39, 0.29) is 17.3 Å². The third-order valence-electron chi connectivity index (χ3n) is 3.56. The lowest BCUT2D eigenvalue weighted by molar-refractivity contribution is -0.143. The monoisotopic (exact) mass is 409 g/mol. The number of halogens is 3. The third-order valence-corrected chi connectivity index (χ3v) is 4.35. The minimum Gasteiger partial charge on any atom is -0.449 e. The number of alkyl halides is 3. The molecule has 3 rings (SSSR count). The van der Waals surface area contributed by atoms with Gasteiger partial charge in [-0.05, 0) is 32.1 Å². The van der Waals surface area contributed by atoms with Gasteiger partial charge in [0.05, 0.1) is 16.3 Å². The lowest BCUT2D eigenvalue weighted by Crippen LogP contribution is -2.06. The Labute approximate surface area is 161 Å². The molecule has 1 atom stereocenters. The summed E-state index contributed by atoms with van der Waals surface area (Å²) in [6, 6.07) is 4.55. The van der Waals surface area contributed by atoms with Crippen LogP contribution < -0.4 is 0 Å². The minimum absolute atomic E-state index is 0.0290. The van der Waals surface area contributed by atoms with E-state index in [0.29, 0.717) is 5.69 Å². The standard InChI is InChI=1S/C18H14F3N3O3S/c1-10(26-15(25)7-6-14-9-28-11(2)22-14)17-23-16(24-27-17)12-4-3-5-13(8-12)18(19,20)21/h3-10H,1-2H3/b7-6+. The van der Waals surface area contributed by atoms with Gasteiger partial charge in [0.25, 0.3) is 5.89 Å². The topological polar surface area (TPSA) is 78.1 Å². The zero-order valence-corrected chi connectivity index (χ0v) is 15.5. The van der Waals surface area contributed by atoms with Crippen LogP contribution in [0.3, 0.4) is 0 Å². The van der Waals surface area contributed by atoms with E-state index in [0.717, 1.165) is 17.1 Å². The van der Waals surface area contributed by atoms with Crippen LogP contribution >= 0.6 is 11.3 Å². The Balaban J connectivity index is 1.68. The number of hydrogen-bond donors (Lipinski definition) is 0. The van der Waals surface area contributed by atoms with Crippen molar-refractivity contribution in [2.24, 2.45) is 0 Å². The van der Waals surface area contributed by atoms with Crippen molar-refractivity contribution < 1.29 is 27.2 Å². The molecule has 0 aliphatic heterocycles. The summed E-state index contributed by atoms with van der Waals surface area (Å²) in [4.78, 5) is 20.1. The molecule has 1 aromatic carbocycles. The van der Waals surface area contributed by atoms with Crippen molar-refractivity contribution in [1.29, 1.82) is 0 Å². The van der Waals surface area contributed by atoms with Gasteiger partial charge in [-0.2, -0.15) is 18.2 Å². The Hall–Kier alpha value is -3.01. The van der Waals surface area contributed by atoms with Crippen LogP contribution in [0.2, 0.25) is 0 Å². The van der Waals surface area contributed by atoms with E-state index in [1.165, 1.54) is 42.5 Å². The van der Waals surface area contributed by atoms with Gasteiger partial charge < -0.3 is 9.26 Å². The first kappa shape index (κ1) is 19.7. The normalized spacial score (nSPS) is 13.0. The maximum Gasteiger partial charge on any atom is 0.416 e. The molecule has 1 unspecified atom stereocenters. The Bertz CT molecular complexity index is 1010. The summed E-state index contributed by atoms with van der Waals surface area (Å²) >= 11 is 1.45. The van der Waals surface area contributed by atoms with Crippen molar-refractivity contribution in [3.05, 3.63) is 57.9 Å². The van der Waals surface area contributed by atoms with Crippen LogP contribution in [-0.4, -0.2) is 21.1 Å². The smallest absolute Gasteiger partial charge is 0.416 e. The molecule has 2 aromatic heterocycles. The van der Waals surface area contributed by atoms with Crippen molar-refractivity contribution in [3.8, 4) is 11.4 Å². The predicted octanol–water partition coefficient (Wildman–Crippen LogP) is 4.84. The predicted molar refractivity (Wildman–Crippen MR) is 95.1 cm³/mol. The van der Waals surface area contributed by atoms with Gasteiger partial charge in [-0.3, -0.25) is 0 Å². The maximum absolute atomic E-state index is 12.8. The number of thiazole rings is 1. The van der Waals surface area contributed by atoms with Crippen LogP contribution in [0.25, 0.3) is 17.5 Å². The average molecular weight is 409 g/mol. The first-order valence-electron chi connectivity index (χ1n) is 8.04. The molecule has 28 heavy (non-hydrogen) atoms. The van der Waals surface area contributed by atoms with Gasteiger partial charge in [0, 0.05) is 17.0 Å². The SMILES string of the molecule is Cc1nc(/C=C/C(=O)OC(C)c2nc(-c3cccc(C(F)(F)F)c3)no2)cs1. The largest absolute Gasteiger partial charge is 0.449 e. The summed E-state index contributed by atoms with van der Waals surface area (Å²) in [5, 5.41) is 6.33. The van der Waals surface area contributed by atoms with Crippen LogP contribution in [0.5, 0.6) is 0 Å². The molecule has 0 spiro atoms. The van der Waals surface area contributed by atoms with Gasteiger partial charge in [-0.15, -0.1) is 11.3 Å². The zero-order chi connectivity index (χ0) is 20.3. The van der Waals surface area contributed by atoms with Gasteiger partial charge in [0.15, 0.2) is 6.10 Å². The lowest BCUT2D eigenvalue weighted by Gasteiger charge is -2.07. The van der Waals surface area contributed by atoms with Gasteiger partial charge >= 0.3 is 12.1 Å². The molecule has 0 aliphatic carbocycles. The molecule has 146 valence electrons. The van der Waals surface area contributed by atoms with Crippen LogP contribution in [0.1, 0.15) is 35.2 Å². The van der Waals surface area contributed by atoms with Crippen molar-refractivity contribution in [1.82, 2.24) is 15.1 Å². The average Bonchev–Trinajstić information content (AvgIpc) is 3.28. The molecular formula is C18H14F3N3O3S. The lowest BCUT2D eigenvalue weighted by atomic mass is 10.1. The van der Waals surface area contributed by atoms with E-state index < -0.39 is 23.8 Å². The summed E-state index contributed by atoms with van der Waals surface area (Å²) in [5.41, 5.74) is -0.0443. The van der Waals surface area contributed by atoms with Crippen molar-refractivity contribution in [2.75, 3.05) is 0 Å². The molecule has 0 amide bonds. The van der Waals surface area contributed by atoms with E-state index >= 15 is 0 Å². The van der Waals surface area contributed by atoms with Crippen molar-refractivity contribution in [3.63, 3.8) is 0 Å². The Morgan fingerprint density at radius 3 is 2.79 bits per heavy atom. The molecule has 0 saturated carbocycles. The fourth-order valence-electron chi connectivity index (χ4n) is 2.23. The van der Waals surface area contributed by atoms with E-state index in [9.17, 15) is 18.0 Å². The van der Waals surface area contributed by atoms with E-state index in [1.54, 1.807) is 5.38 Å². The molecule has 0 N–H and O–H groups in total. The van der Waals surface area contributed by atoms with Crippen molar-refractivity contribution in [2.45, 2.75) is 26.1 Å². The summed E-state index contributed by atoms with van der Waals surface area (Å²) in [6.07, 6.45) is -2.62. The van der Waals surface area contributed by atoms with Crippen LogP contribution in [0.15, 0.2) is 40.2 Å². The number of ether oxygens (including phenoxy) is 1. The summed E-state index contributed by atoms with van der Waals surface area (Å²) < 4.78 is 48.7. The molecule has 0 radical (unpaired) electrons. The molecule has 6 nitrogen and oxygen atoms in total. The Morgan fingerprint density at radius 1 is 1.32 bits per heavy atom. The number of benzene rings is 1. The second kappa shape index (κ2) is 7.93. The fraction of sp³-hybridized carbons (Fsp3) is 0.222. The first-order valence-corrected chi connectivity index (χ1v) is 8.92. The summed E-state index contributed by atoms with van der Waals surface area (Å²) in [6.45, 7) is 3.36. The molecule has 0 fully saturated rings. The maximum atomic E-state index is 12.8. The highest BCUT2D eigenvalue weighted by molar-refractivity contribution is 7.09. The Kier molecular flexibility index (Phi) is 5.59. The number of aryl methyl sites for hydroxylation is 1. The summed E-state index contributed by atoms with van der Waals surface area (Å²) in [5.74, 6) is -0.701. The zero-order valence-electron chi connectivity index (χ0n) is 14.7. The van der Waals surface area contributed by atoms with Gasteiger partial charge in [-0.1, -0.05) is 17.3 Å². The number of rotatable bonds is 5. The molecular weight excluding hydrogens is 395 g/mol. The molecule has 2 heterocycles. The number of esters is 1. The fourth-order valence-corrected chi connectivity index (χ4v) is 2.81. The molecule has 0 saturated heterocycles. The van der Waals surface area contributed by atoms with E-state index in [2.05, 4.69) is 15.1 Å². The number of nitrogens with zero attached hydrogens (tertiary/aromatic N) is 3. The highest BCUT2D eigenvalue weighted by Gasteiger charge is 2.31. The second-order valence-electron chi connectivity index (χ2n) is 5.74. The van der Waals surface area contributed by atoms with Crippen molar-refractivity contribution >= 4 is 23.4 Å². The first-order chi connectivity index (χ1) is 13.2. The molecule has 0 bridgehead atoms. The quantitative estimate of drug-likeness (QED) is 0.443. The highest BCUT2D eigenvalue weighted by Crippen LogP contribution is 2.31. The van der Waals surface area contributed by atoms with Gasteiger partial charge in [0.2, 0.25) is 5.82 Å². The molecule has 0 aliphatic rings. The number of hydrogen-bond acceptors (Lipinski definition) is 7. The van der Waals surface area contributed by atoms with Gasteiger partial charge in [0.1, 0.15) is 0 Å². The van der Waals surface area contributed by atoms with E-state index in [4.69, 9.17) is 9.26 Å². The van der Waals surface area contributed by atoms with Crippen LogP contribution in [-0.2, 0) is 15.7 Å². The van der Waals surface area contributed by atoms with Crippen LogP contribution in [0.4, 0.5) is 13.2 Å². The van der Waals surface area contributed by atoms with Crippen LogP contribution in [0, 0.1) is 6.92 Å². The molecule has 10 heteroatoms. The third kappa shape index (κ3) is 4.83. The highest BCUT2D eigenvalue weighted by atomic mass is 32.1. The number of aromatic nitrogens is 3.